The van der Waals surface area contributed by atoms with Gasteiger partial charge in [-0.25, -0.2) is 9.97 Å². The molecule has 0 fully saturated rings. The summed E-state index contributed by atoms with van der Waals surface area (Å²) < 4.78 is 4.82. The summed E-state index contributed by atoms with van der Waals surface area (Å²) in [6, 6.07) is 71.0. The quantitative estimate of drug-likeness (QED) is 0.167. The van der Waals surface area contributed by atoms with Crippen molar-refractivity contribution < 1.29 is 0 Å². The monoisotopic (exact) mass is 802 g/mol. The molecule has 1 aliphatic carbocycles. The first-order chi connectivity index (χ1) is 31.0. The summed E-state index contributed by atoms with van der Waals surface area (Å²) in [6.07, 6.45) is 0. The van der Waals surface area contributed by atoms with E-state index >= 15 is 0 Å². The summed E-state index contributed by atoms with van der Waals surface area (Å²) in [6.45, 7) is 4.58. The lowest BCUT2D eigenvalue weighted by Crippen LogP contribution is -2.18. The first-order valence-corrected chi connectivity index (χ1v) is 21.8. The normalized spacial score (nSPS) is 13.4. The molecule has 1 aliphatic rings. The van der Waals surface area contributed by atoms with Gasteiger partial charge in [-0.1, -0.05) is 166 Å². The highest BCUT2D eigenvalue weighted by atomic mass is 15.1. The van der Waals surface area contributed by atoms with E-state index in [-0.39, 0.29) is 5.41 Å². The van der Waals surface area contributed by atoms with Crippen LogP contribution in [0.15, 0.2) is 194 Å². The van der Waals surface area contributed by atoms with Crippen LogP contribution in [0.2, 0.25) is 0 Å². The number of hydrogen-bond donors (Lipinski definition) is 0. The molecule has 63 heavy (non-hydrogen) atoms. The zero-order valence-corrected chi connectivity index (χ0v) is 34.8. The first-order valence-electron chi connectivity index (χ1n) is 21.8. The van der Waals surface area contributed by atoms with Crippen molar-refractivity contribution in [1.82, 2.24) is 19.1 Å². The van der Waals surface area contributed by atoms with Crippen LogP contribution in [0.5, 0.6) is 0 Å². The van der Waals surface area contributed by atoms with Crippen molar-refractivity contribution in [3.8, 4) is 34.0 Å². The maximum atomic E-state index is 5.88. The summed E-state index contributed by atoms with van der Waals surface area (Å²) in [5, 5.41) is 14.8. The average Bonchev–Trinajstić information content (AvgIpc) is 3.92. The van der Waals surface area contributed by atoms with Crippen LogP contribution >= 0.6 is 0 Å². The Kier molecular flexibility index (Phi) is 6.87. The standard InChI is InChI=1S/C59H38N4/c1-59(2)48-26-14-12-25-46(48)56-57(59)60-55(37-28-29-43-42-23-13-15-27-49(42)62(51(43)34-37)38-18-4-3-5-19-38)58(61-56)63-50-31-30-45-41-22-9-8-20-39(41)40-21-10-11-24-44(40)53(45)54(50)47-32-35-16-6-7-17-36(35)33-52(47)63/h3-34H,1-2H3. The molecule has 0 atom stereocenters. The van der Waals surface area contributed by atoms with Gasteiger partial charge in [0.1, 0.15) is 5.69 Å². The van der Waals surface area contributed by atoms with Crippen molar-refractivity contribution in [2.45, 2.75) is 19.3 Å². The minimum absolute atomic E-state index is 0.345. The van der Waals surface area contributed by atoms with Gasteiger partial charge in [0.05, 0.1) is 33.5 Å². The van der Waals surface area contributed by atoms with Crippen LogP contribution in [0.1, 0.15) is 25.1 Å². The SMILES string of the molecule is CC1(C)c2ccccc2-c2nc(-n3c4cc5ccccc5cc4c4c5c6ccccc6c6ccccc6c5ccc43)c(-c3ccc4c5ccccc5n(-c5ccccc5)c4c3)nc21. The Morgan fingerprint density at radius 3 is 1.76 bits per heavy atom. The Hall–Kier alpha value is -8.08. The van der Waals surface area contributed by atoms with Crippen LogP contribution in [0.25, 0.3) is 121 Å². The van der Waals surface area contributed by atoms with Crippen LogP contribution in [0.4, 0.5) is 0 Å². The summed E-state index contributed by atoms with van der Waals surface area (Å²) in [5.41, 5.74) is 11.5. The Labute approximate surface area is 362 Å². The number of benzene rings is 10. The fourth-order valence-electron chi connectivity index (χ4n) is 11.2. The number of para-hydroxylation sites is 2. The summed E-state index contributed by atoms with van der Waals surface area (Å²) in [4.78, 5) is 11.7. The summed E-state index contributed by atoms with van der Waals surface area (Å²) in [7, 11) is 0. The fraction of sp³-hybridized carbons (Fsp3) is 0.0508. The molecular formula is C59H38N4. The van der Waals surface area contributed by atoms with Crippen molar-refractivity contribution >= 4 is 86.7 Å². The highest BCUT2D eigenvalue weighted by Gasteiger charge is 2.39. The van der Waals surface area contributed by atoms with Crippen molar-refractivity contribution in [3.05, 3.63) is 205 Å². The Balaban J connectivity index is 1.17. The molecule has 0 spiro atoms. The van der Waals surface area contributed by atoms with Crippen molar-refractivity contribution in [1.29, 1.82) is 0 Å². The van der Waals surface area contributed by atoms with E-state index in [0.29, 0.717) is 0 Å². The van der Waals surface area contributed by atoms with Crippen LogP contribution in [0.3, 0.4) is 0 Å². The molecule has 294 valence electrons. The smallest absolute Gasteiger partial charge is 0.165 e. The molecule has 0 aliphatic heterocycles. The van der Waals surface area contributed by atoms with E-state index in [1.54, 1.807) is 0 Å². The van der Waals surface area contributed by atoms with Crippen LogP contribution in [-0.2, 0) is 5.41 Å². The average molecular weight is 803 g/mol. The summed E-state index contributed by atoms with van der Waals surface area (Å²) in [5.74, 6) is 0.822. The van der Waals surface area contributed by atoms with Crippen molar-refractivity contribution in [2.24, 2.45) is 0 Å². The predicted molar refractivity (Wildman–Crippen MR) is 264 cm³/mol. The third kappa shape index (κ3) is 4.64. The van der Waals surface area contributed by atoms with E-state index in [1.807, 2.05) is 0 Å². The second kappa shape index (κ2) is 12.5. The molecule has 10 aromatic carbocycles. The van der Waals surface area contributed by atoms with Gasteiger partial charge in [0.25, 0.3) is 0 Å². The highest BCUT2D eigenvalue weighted by Crippen LogP contribution is 2.50. The summed E-state index contributed by atoms with van der Waals surface area (Å²) >= 11 is 0. The largest absolute Gasteiger partial charge is 0.309 e. The number of nitrogens with zero attached hydrogens (tertiary/aromatic N) is 4. The van der Waals surface area contributed by atoms with E-state index in [9.17, 15) is 0 Å². The number of hydrogen-bond acceptors (Lipinski definition) is 2. The second-order valence-electron chi connectivity index (χ2n) is 17.7. The molecule has 4 nitrogen and oxygen atoms in total. The molecule has 0 unspecified atom stereocenters. The van der Waals surface area contributed by atoms with E-state index in [1.165, 1.54) is 75.7 Å². The minimum Gasteiger partial charge on any atom is -0.309 e. The van der Waals surface area contributed by atoms with Crippen LogP contribution in [0, 0.1) is 0 Å². The van der Waals surface area contributed by atoms with Gasteiger partial charge in [-0.3, -0.25) is 4.57 Å². The van der Waals surface area contributed by atoms with Gasteiger partial charge in [0, 0.05) is 49.2 Å². The lowest BCUT2D eigenvalue weighted by atomic mass is 9.85. The molecule has 4 heteroatoms. The Morgan fingerprint density at radius 1 is 0.381 bits per heavy atom. The maximum absolute atomic E-state index is 5.88. The molecule has 0 amide bonds. The van der Waals surface area contributed by atoms with Crippen LogP contribution in [-0.4, -0.2) is 19.1 Å². The van der Waals surface area contributed by atoms with Gasteiger partial charge in [0.15, 0.2) is 5.82 Å². The molecule has 0 saturated heterocycles. The van der Waals surface area contributed by atoms with Crippen molar-refractivity contribution in [2.75, 3.05) is 0 Å². The van der Waals surface area contributed by atoms with E-state index in [0.717, 1.165) is 56.3 Å². The van der Waals surface area contributed by atoms with E-state index in [2.05, 4.69) is 217 Å². The van der Waals surface area contributed by atoms with Crippen LogP contribution < -0.4 is 0 Å². The zero-order chi connectivity index (χ0) is 41.6. The van der Waals surface area contributed by atoms with Gasteiger partial charge in [-0.2, -0.15) is 0 Å². The molecular weight excluding hydrogens is 765 g/mol. The van der Waals surface area contributed by atoms with Gasteiger partial charge < -0.3 is 4.57 Å². The molecule has 0 bridgehead atoms. The number of rotatable bonds is 3. The van der Waals surface area contributed by atoms with Gasteiger partial charge in [-0.05, 0) is 85.7 Å². The molecule has 0 radical (unpaired) electrons. The Morgan fingerprint density at radius 2 is 0.968 bits per heavy atom. The van der Waals surface area contributed by atoms with Gasteiger partial charge in [0.2, 0.25) is 0 Å². The third-order valence-electron chi connectivity index (χ3n) is 14.0. The van der Waals surface area contributed by atoms with Crippen molar-refractivity contribution in [3.63, 3.8) is 0 Å². The molecule has 14 rings (SSSR count). The maximum Gasteiger partial charge on any atom is 0.165 e. The second-order valence-corrected chi connectivity index (χ2v) is 17.7. The topological polar surface area (TPSA) is 35.6 Å². The van der Waals surface area contributed by atoms with Gasteiger partial charge >= 0.3 is 0 Å². The first kappa shape index (κ1) is 34.6. The molecule has 0 N–H and O–H groups in total. The predicted octanol–water partition coefficient (Wildman–Crippen LogP) is 15.3. The molecule has 3 aromatic heterocycles. The lowest BCUT2D eigenvalue weighted by molar-refractivity contribution is 0.635. The minimum atomic E-state index is -0.345. The van der Waals surface area contributed by atoms with E-state index in [4.69, 9.17) is 9.97 Å². The van der Waals surface area contributed by atoms with Gasteiger partial charge in [-0.15, -0.1) is 0 Å². The highest BCUT2D eigenvalue weighted by molar-refractivity contribution is 6.36. The third-order valence-corrected chi connectivity index (χ3v) is 14.0. The Bertz CT molecular complexity index is 4080. The van der Waals surface area contributed by atoms with E-state index < -0.39 is 0 Å². The molecule has 0 saturated carbocycles. The lowest BCUT2D eigenvalue weighted by Gasteiger charge is -2.21. The number of aromatic nitrogens is 4. The molecule has 13 aromatic rings. The number of fused-ring (bicyclic) bond motifs is 17. The zero-order valence-electron chi connectivity index (χ0n) is 34.8. The molecule has 3 heterocycles. The fourth-order valence-corrected chi connectivity index (χ4v) is 11.2.